The number of rotatable bonds is 4. The first-order valence-electron chi connectivity index (χ1n) is 4.71. The van der Waals surface area contributed by atoms with Crippen molar-refractivity contribution in [1.29, 1.82) is 0 Å². The smallest absolute Gasteiger partial charge is 0.323 e. The maximum Gasteiger partial charge on any atom is 0.323 e. The Hall–Kier alpha value is -1.71. The molecule has 0 spiro atoms. The van der Waals surface area contributed by atoms with Gasteiger partial charge in [0, 0.05) is 21.1 Å². The van der Waals surface area contributed by atoms with Gasteiger partial charge < -0.3 is 14.9 Å². The summed E-state index contributed by atoms with van der Waals surface area (Å²) < 4.78 is 0. The van der Waals surface area contributed by atoms with E-state index in [1.165, 1.54) is 0 Å². The largest absolute Gasteiger partial charge is 0.480 e. The summed E-state index contributed by atoms with van der Waals surface area (Å²) in [6, 6.07) is 7.72. The van der Waals surface area contributed by atoms with E-state index in [1.54, 1.807) is 11.9 Å². The van der Waals surface area contributed by atoms with Crippen molar-refractivity contribution in [3.63, 3.8) is 0 Å². The van der Waals surface area contributed by atoms with Crippen molar-refractivity contribution in [3.05, 3.63) is 24.3 Å². The van der Waals surface area contributed by atoms with E-state index in [1.807, 2.05) is 43.3 Å². The molecule has 1 rings (SSSR count). The molecule has 0 aliphatic carbocycles. The van der Waals surface area contributed by atoms with Crippen LogP contribution in [0.2, 0.25) is 0 Å². The molecule has 0 saturated carbocycles. The summed E-state index contributed by atoms with van der Waals surface area (Å²) in [4.78, 5) is 14.3. The third-order valence-corrected chi connectivity index (χ3v) is 2.15. The number of carbonyl (C=O) groups is 1. The predicted octanol–water partition coefficient (Wildman–Crippen LogP) is 1.27. The highest BCUT2D eigenvalue weighted by atomic mass is 16.4. The van der Waals surface area contributed by atoms with Crippen LogP contribution in [-0.2, 0) is 4.79 Å². The van der Waals surface area contributed by atoms with E-state index in [9.17, 15) is 4.79 Å². The van der Waals surface area contributed by atoms with E-state index < -0.39 is 5.97 Å². The van der Waals surface area contributed by atoms with E-state index >= 15 is 0 Å². The second-order valence-electron chi connectivity index (χ2n) is 3.63. The van der Waals surface area contributed by atoms with Crippen LogP contribution < -0.4 is 9.80 Å². The van der Waals surface area contributed by atoms with Crippen LogP contribution in [0.3, 0.4) is 0 Å². The molecule has 0 aromatic heterocycles. The Labute approximate surface area is 89.7 Å². The summed E-state index contributed by atoms with van der Waals surface area (Å²) in [5.74, 6) is -0.828. The highest BCUT2D eigenvalue weighted by molar-refractivity contribution is 5.78. The van der Waals surface area contributed by atoms with E-state index in [-0.39, 0.29) is 6.54 Å². The van der Waals surface area contributed by atoms with Crippen LogP contribution >= 0.6 is 0 Å². The first-order valence-corrected chi connectivity index (χ1v) is 4.71. The molecule has 4 nitrogen and oxygen atoms in total. The summed E-state index contributed by atoms with van der Waals surface area (Å²) in [5.41, 5.74) is 1.94. The number of hydrogen-bond donors (Lipinski definition) is 1. The Morgan fingerprint density at radius 2 is 1.73 bits per heavy atom. The fraction of sp³-hybridized carbons (Fsp3) is 0.364. The fourth-order valence-corrected chi connectivity index (χ4v) is 1.45. The number of benzene rings is 1. The molecule has 0 saturated heterocycles. The standard InChI is InChI=1S/C11H16N2O2/c1-12(2)9-6-4-5-7-10(9)13(3)8-11(14)15/h4-7H,8H2,1-3H3,(H,14,15). The zero-order valence-electron chi connectivity index (χ0n) is 9.27. The zero-order valence-corrected chi connectivity index (χ0v) is 9.27. The molecule has 0 amide bonds. The van der Waals surface area contributed by atoms with Crippen molar-refractivity contribution in [2.24, 2.45) is 0 Å². The molecule has 1 N–H and O–H groups in total. The molecule has 0 aliphatic rings. The molecule has 0 fully saturated rings. The molecule has 82 valence electrons. The summed E-state index contributed by atoms with van der Waals surface area (Å²) in [7, 11) is 5.65. The summed E-state index contributed by atoms with van der Waals surface area (Å²) in [6.45, 7) is 0.00481. The monoisotopic (exact) mass is 208 g/mol. The number of aliphatic carboxylic acids is 1. The van der Waals surface area contributed by atoms with Gasteiger partial charge in [0.2, 0.25) is 0 Å². The molecular weight excluding hydrogens is 192 g/mol. The number of nitrogens with zero attached hydrogens (tertiary/aromatic N) is 2. The lowest BCUT2D eigenvalue weighted by molar-refractivity contribution is -0.135. The number of hydrogen-bond acceptors (Lipinski definition) is 3. The van der Waals surface area contributed by atoms with Gasteiger partial charge in [0.05, 0.1) is 11.4 Å². The van der Waals surface area contributed by atoms with Gasteiger partial charge in [0.1, 0.15) is 6.54 Å². The van der Waals surface area contributed by atoms with E-state index in [4.69, 9.17) is 5.11 Å². The minimum atomic E-state index is -0.828. The lowest BCUT2D eigenvalue weighted by Gasteiger charge is -2.24. The highest BCUT2D eigenvalue weighted by Crippen LogP contribution is 2.26. The Kier molecular flexibility index (Phi) is 3.55. The molecule has 1 aromatic rings. The van der Waals surface area contributed by atoms with Crippen LogP contribution in [0, 0.1) is 0 Å². The minimum absolute atomic E-state index is 0.00481. The SMILES string of the molecule is CN(C)c1ccccc1N(C)CC(=O)O. The second kappa shape index (κ2) is 4.68. The van der Waals surface area contributed by atoms with Gasteiger partial charge in [0.25, 0.3) is 0 Å². The van der Waals surface area contributed by atoms with Crippen molar-refractivity contribution < 1.29 is 9.90 Å². The van der Waals surface area contributed by atoms with Crippen LogP contribution in [0.15, 0.2) is 24.3 Å². The van der Waals surface area contributed by atoms with Crippen LogP contribution in [0.1, 0.15) is 0 Å². The summed E-state index contributed by atoms with van der Waals surface area (Å²) in [5, 5.41) is 8.72. The van der Waals surface area contributed by atoms with Crippen molar-refractivity contribution in [2.75, 3.05) is 37.5 Å². The van der Waals surface area contributed by atoms with Gasteiger partial charge in [0.15, 0.2) is 0 Å². The molecule has 1 aromatic carbocycles. The average Bonchev–Trinajstić information content (AvgIpc) is 2.16. The number of anilines is 2. The van der Waals surface area contributed by atoms with Crippen molar-refractivity contribution in [2.45, 2.75) is 0 Å². The predicted molar refractivity (Wildman–Crippen MR) is 61.7 cm³/mol. The van der Waals surface area contributed by atoms with Gasteiger partial charge in [-0.1, -0.05) is 12.1 Å². The number of carboxylic acids is 1. The number of likely N-dealkylation sites (N-methyl/N-ethyl adjacent to an activating group) is 1. The number of para-hydroxylation sites is 2. The minimum Gasteiger partial charge on any atom is -0.480 e. The van der Waals surface area contributed by atoms with Crippen molar-refractivity contribution in [3.8, 4) is 0 Å². The van der Waals surface area contributed by atoms with Crippen LogP contribution in [-0.4, -0.2) is 38.8 Å². The molecule has 0 bridgehead atoms. The third kappa shape index (κ3) is 2.87. The second-order valence-corrected chi connectivity index (χ2v) is 3.63. The van der Waals surface area contributed by atoms with Gasteiger partial charge in [-0.05, 0) is 12.1 Å². The van der Waals surface area contributed by atoms with Gasteiger partial charge in [-0.15, -0.1) is 0 Å². The van der Waals surface area contributed by atoms with Gasteiger partial charge in [-0.3, -0.25) is 4.79 Å². The fourth-order valence-electron chi connectivity index (χ4n) is 1.45. The molecule has 0 heterocycles. The van der Waals surface area contributed by atoms with Gasteiger partial charge in [-0.2, -0.15) is 0 Å². The molecule has 4 heteroatoms. The maximum atomic E-state index is 10.6. The van der Waals surface area contributed by atoms with Crippen LogP contribution in [0.5, 0.6) is 0 Å². The topological polar surface area (TPSA) is 43.8 Å². The maximum absolute atomic E-state index is 10.6. The Balaban J connectivity index is 2.97. The van der Waals surface area contributed by atoms with Crippen LogP contribution in [0.4, 0.5) is 11.4 Å². The normalized spacial score (nSPS) is 9.80. The Bertz CT molecular complexity index is 350. The van der Waals surface area contributed by atoms with Crippen molar-refractivity contribution >= 4 is 17.3 Å². The summed E-state index contributed by atoms with van der Waals surface area (Å²) in [6.07, 6.45) is 0. The molecule has 0 radical (unpaired) electrons. The van der Waals surface area contributed by atoms with Gasteiger partial charge >= 0.3 is 5.97 Å². The quantitative estimate of drug-likeness (QED) is 0.809. The average molecular weight is 208 g/mol. The molecule has 15 heavy (non-hydrogen) atoms. The number of carboxylic acid groups (broad SMARTS) is 1. The zero-order chi connectivity index (χ0) is 11.4. The van der Waals surface area contributed by atoms with Crippen LogP contribution in [0.25, 0.3) is 0 Å². The van der Waals surface area contributed by atoms with Gasteiger partial charge in [-0.25, -0.2) is 0 Å². The molecule has 0 unspecified atom stereocenters. The Morgan fingerprint density at radius 3 is 2.20 bits per heavy atom. The molecule has 0 atom stereocenters. The third-order valence-electron chi connectivity index (χ3n) is 2.15. The summed E-state index contributed by atoms with van der Waals surface area (Å²) >= 11 is 0. The molecular formula is C11H16N2O2. The van der Waals surface area contributed by atoms with E-state index in [0.29, 0.717) is 0 Å². The molecule has 0 aliphatic heterocycles. The highest BCUT2D eigenvalue weighted by Gasteiger charge is 2.10. The van der Waals surface area contributed by atoms with E-state index in [2.05, 4.69) is 0 Å². The first-order chi connectivity index (χ1) is 7.02. The lowest BCUT2D eigenvalue weighted by Crippen LogP contribution is -2.26. The lowest BCUT2D eigenvalue weighted by atomic mass is 10.2. The van der Waals surface area contributed by atoms with Crippen molar-refractivity contribution in [1.82, 2.24) is 0 Å². The Morgan fingerprint density at radius 1 is 1.20 bits per heavy atom. The van der Waals surface area contributed by atoms with E-state index in [0.717, 1.165) is 11.4 Å². The first kappa shape index (κ1) is 11.4.